The Bertz CT molecular complexity index is 771. The minimum atomic E-state index is -0.551. The molecule has 106 valence electrons. The van der Waals surface area contributed by atoms with Crippen LogP contribution in [0.4, 0.5) is 10.1 Å². The molecule has 0 heterocycles. The van der Waals surface area contributed by atoms with Gasteiger partial charge in [0, 0.05) is 15.7 Å². The van der Waals surface area contributed by atoms with Gasteiger partial charge in [0.05, 0.1) is 22.2 Å². The summed E-state index contributed by atoms with van der Waals surface area (Å²) in [5.74, 6) is -1.02. The fourth-order valence-corrected chi connectivity index (χ4v) is 2.32. The summed E-state index contributed by atoms with van der Waals surface area (Å²) in [6.07, 6.45) is 0. The lowest BCUT2D eigenvalue weighted by Crippen LogP contribution is -2.14. The number of halogens is 3. The largest absolute Gasteiger partial charge is 0.322 e. The van der Waals surface area contributed by atoms with Crippen LogP contribution in [0.1, 0.15) is 21.5 Å². The number of rotatable bonds is 2. The van der Waals surface area contributed by atoms with Crippen molar-refractivity contribution < 1.29 is 9.18 Å². The van der Waals surface area contributed by atoms with Gasteiger partial charge < -0.3 is 5.32 Å². The third kappa shape index (κ3) is 3.23. The van der Waals surface area contributed by atoms with Crippen molar-refractivity contribution in [2.75, 3.05) is 5.32 Å². The number of nitrogens with zero attached hydrogens (tertiary/aromatic N) is 1. The molecule has 0 fully saturated rings. The van der Waals surface area contributed by atoms with Gasteiger partial charge in [-0.3, -0.25) is 4.79 Å². The molecule has 6 heteroatoms. The monoisotopic (exact) mass is 366 g/mol. The van der Waals surface area contributed by atoms with Gasteiger partial charge in [0.15, 0.2) is 0 Å². The van der Waals surface area contributed by atoms with Crippen LogP contribution in [0, 0.1) is 24.1 Å². The van der Waals surface area contributed by atoms with Crippen molar-refractivity contribution >= 4 is 39.1 Å². The Morgan fingerprint density at radius 2 is 2.14 bits per heavy atom. The topological polar surface area (TPSA) is 52.9 Å². The molecular weight excluding hydrogens is 359 g/mol. The van der Waals surface area contributed by atoms with Gasteiger partial charge in [0.25, 0.3) is 5.91 Å². The summed E-state index contributed by atoms with van der Waals surface area (Å²) in [5, 5.41) is 11.7. The number of anilines is 1. The number of benzene rings is 2. The number of hydrogen-bond acceptors (Lipinski definition) is 2. The summed E-state index contributed by atoms with van der Waals surface area (Å²) in [4.78, 5) is 12.2. The van der Waals surface area contributed by atoms with E-state index in [-0.39, 0.29) is 27.4 Å². The van der Waals surface area contributed by atoms with Gasteiger partial charge >= 0.3 is 0 Å². The zero-order chi connectivity index (χ0) is 15.6. The molecule has 0 aliphatic carbocycles. The van der Waals surface area contributed by atoms with E-state index in [1.54, 1.807) is 18.2 Å². The van der Waals surface area contributed by atoms with E-state index in [2.05, 4.69) is 21.2 Å². The Labute approximate surface area is 134 Å². The highest BCUT2D eigenvalue weighted by Crippen LogP contribution is 2.27. The van der Waals surface area contributed by atoms with Crippen molar-refractivity contribution in [1.82, 2.24) is 0 Å². The van der Waals surface area contributed by atoms with Crippen LogP contribution in [0.3, 0.4) is 0 Å². The second kappa shape index (κ2) is 6.25. The van der Waals surface area contributed by atoms with E-state index in [1.165, 1.54) is 13.0 Å². The molecule has 0 aliphatic rings. The van der Waals surface area contributed by atoms with Crippen LogP contribution in [0.5, 0.6) is 0 Å². The van der Waals surface area contributed by atoms with E-state index >= 15 is 0 Å². The SMILES string of the molecule is Cc1c(F)cc(C#N)cc1NC(=O)c1cccc(Br)c1Cl. The minimum absolute atomic E-state index is 0.133. The molecule has 0 saturated heterocycles. The van der Waals surface area contributed by atoms with Crippen LogP contribution in [0.2, 0.25) is 5.02 Å². The molecule has 0 atom stereocenters. The van der Waals surface area contributed by atoms with Crippen LogP contribution < -0.4 is 5.32 Å². The van der Waals surface area contributed by atoms with Crippen LogP contribution in [-0.4, -0.2) is 5.91 Å². The van der Waals surface area contributed by atoms with E-state index in [0.29, 0.717) is 4.47 Å². The lowest BCUT2D eigenvalue weighted by atomic mass is 10.1. The van der Waals surface area contributed by atoms with Gasteiger partial charge in [-0.1, -0.05) is 17.7 Å². The first-order valence-corrected chi connectivity index (χ1v) is 7.06. The van der Waals surface area contributed by atoms with Crippen LogP contribution in [-0.2, 0) is 0 Å². The van der Waals surface area contributed by atoms with Gasteiger partial charge in [-0.2, -0.15) is 5.26 Å². The third-order valence-corrected chi connectivity index (χ3v) is 4.21. The van der Waals surface area contributed by atoms with Crippen molar-refractivity contribution in [2.24, 2.45) is 0 Å². The summed E-state index contributed by atoms with van der Waals surface area (Å²) in [6.45, 7) is 1.52. The molecule has 2 aromatic rings. The van der Waals surface area contributed by atoms with Crippen LogP contribution >= 0.6 is 27.5 Å². The number of amides is 1. The first kappa shape index (κ1) is 15.5. The molecule has 3 nitrogen and oxygen atoms in total. The molecule has 2 rings (SSSR count). The van der Waals surface area contributed by atoms with E-state index in [1.807, 2.05) is 6.07 Å². The number of carbonyl (C=O) groups excluding carboxylic acids is 1. The van der Waals surface area contributed by atoms with Crippen molar-refractivity contribution in [3.05, 3.63) is 62.3 Å². The lowest BCUT2D eigenvalue weighted by Gasteiger charge is -2.11. The van der Waals surface area contributed by atoms with Gasteiger partial charge in [-0.15, -0.1) is 0 Å². The smallest absolute Gasteiger partial charge is 0.257 e. The zero-order valence-corrected chi connectivity index (χ0v) is 13.2. The highest BCUT2D eigenvalue weighted by atomic mass is 79.9. The predicted molar refractivity (Wildman–Crippen MR) is 83.0 cm³/mol. The molecule has 0 spiro atoms. The average Bonchev–Trinajstić information content (AvgIpc) is 2.46. The Morgan fingerprint density at radius 1 is 1.43 bits per heavy atom. The Hall–Kier alpha value is -1.90. The molecule has 0 saturated carbocycles. The second-order valence-electron chi connectivity index (χ2n) is 4.30. The first-order chi connectivity index (χ1) is 9.93. The van der Waals surface area contributed by atoms with Crippen molar-refractivity contribution in [3.8, 4) is 6.07 Å². The van der Waals surface area contributed by atoms with E-state index in [9.17, 15) is 9.18 Å². The molecule has 21 heavy (non-hydrogen) atoms. The fraction of sp³-hybridized carbons (Fsp3) is 0.0667. The maximum atomic E-state index is 13.7. The molecular formula is C15H9BrClFN2O. The highest BCUT2D eigenvalue weighted by Gasteiger charge is 2.15. The quantitative estimate of drug-likeness (QED) is 0.838. The first-order valence-electron chi connectivity index (χ1n) is 5.89. The molecule has 2 aromatic carbocycles. The van der Waals surface area contributed by atoms with Crippen molar-refractivity contribution in [1.29, 1.82) is 5.26 Å². The normalized spacial score (nSPS) is 10.0. The molecule has 0 radical (unpaired) electrons. The van der Waals surface area contributed by atoms with E-state index in [0.717, 1.165) is 6.07 Å². The Kier molecular flexibility index (Phi) is 4.61. The van der Waals surface area contributed by atoms with Crippen LogP contribution in [0.15, 0.2) is 34.8 Å². The fourth-order valence-electron chi connectivity index (χ4n) is 1.74. The van der Waals surface area contributed by atoms with E-state index < -0.39 is 11.7 Å². The van der Waals surface area contributed by atoms with Gasteiger partial charge in [0.2, 0.25) is 0 Å². The molecule has 0 aromatic heterocycles. The molecule has 1 amide bonds. The number of carbonyl (C=O) groups is 1. The van der Waals surface area contributed by atoms with Crippen molar-refractivity contribution in [3.63, 3.8) is 0 Å². The molecule has 0 aliphatic heterocycles. The Morgan fingerprint density at radius 3 is 2.81 bits per heavy atom. The Balaban J connectivity index is 2.39. The highest BCUT2D eigenvalue weighted by molar-refractivity contribution is 9.10. The molecule has 0 bridgehead atoms. The summed E-state index contributed by atoms with van der Waals surface area (Å²) in [6, 6.07) is 9.32. The van der Waals surface area contributed by atoms with Crippen LogP contribution in [0.25, 0.3) is 0 Å². The second-order valence-corrected chi connectivity index (χ2v) is 5.53. The lowest BCUT2D eigenvalue weighted by molar-refractivity contribution is 0.102. The summed E-state index contributed by atoms with van der Waals surface area (Å²) < 4.78 is 14.3. The van der Waals surface area contributed by atoms with Gasteiger partial charge in [-0.05, 0) is 47.1 Å². The maximum absolute atomic E-state index is 13.7. The van der Waals surface area contributed by atoms with Crippen molar-refractivity contribution in [2.45, 2.75) is 6.92 Å². The number of hydrogen-bond donors (Lipinski definition) is 1. The third-order valence-electron chi connectivity index (χ3n) is 2.92. The minimum Gasteiger partial charge on any atom is -0.322 e. The standard InChI is InChI=1S/C15H9BrClFN2O/c1-8-12(18)5-9(7-19)6-13(8)20-15(21)10-3-2-4-11(16)14(10)17/h2-6H,1H3,(H,20,21). The van der Waals surface area contributed by atoms with Gasteiger partial charge in [-0.25, -0.2) is 4.39 Å². The molecule has 0 unspecified atom stereocenters. The average molecular weight is 368 g/mol. The molecule has 1 N–H and O–H groups in total. The summed E-state index contributed by atoms with van der Waals surface area (Å²) in [7, 11) is 0. The predicted octanol–water partition coefficient (Wildman–Crippen LogP) is 4.67. The number of nitriles is 1. The van der Waals surface area contributed by atoms with E-state index in [4.69, 9.17) is 16.9 Å². The maximum Gasteiger partial charge on any atom is 0.257 e. The zero-order valence-electron chi connectivity index (χ0n) is 10.9. The number of nitrogens with one attached hydrogen (secondary N) is 1. The summed E-state index contributed by atoms with van der Waals surface area (Å²) in [5.41, 5.74) is 0.892. The van der Waals surface area contributed by atoms with Gasteiger partial charge in [0.1, 0.15) is 5.82 Å². The summed E-state index contributed by atoms with van der Waals surface area (Å²) >= 11 is 9.28.